The molecule has 0 spiro atoms. The van der Waals surface area contributed by atoms with Gasteiger partial charge in [0.15, 0.2) is 69.7 Å². The summed E-state index contributed by atoms with van der Waals surface area (Å²) in [7, 11) is 0. The second kappa shape index (κ2) is 36.8. The molecule has 84 heavy (non-hydrogen) atoms. The van der Waals surface area contributed by atoms with E-state index in [9.17, 15) is 57.1 Å². The molecule has 0 saturated heterocycles. The minimum absolute atomic E-state index is 0. The van der Waals surface area contributed by atoms with Crippen LogP contribution in [0.1, 0.15) is 150 Å². The van der Waals surface area contributed by atoms with E-state index in [4.69, 9.17) is 67.2 Å². The molecular formula is C58H47F13N10O3. The lowest BCUT2D eigenvalue weighted by molar-refractivity contribution is 0.287. The van der Waals surface area contributed by atoms with E-state index in [1.54, 1.807) is 30.3 Å². The van der Waals surface area contributed by atoms with Gasteiger partial charge in [-0.2, -0.15) is 52.6 Å². The number of ether oxygens (including phenoxy) is 2. The maximum Gasteiger partial charge on any atom is 0.187 e. The van der Waals surface area contributed by atoms with Crippen LogP contribution in [0.3, 0.4) is 0 Å². The topological polar surface area (TPSA) is 277 Å². The first-order chi connectivity index (χ1) is 39.2. The molecule has 0 bridgehead atoms. The minimum atomic E-state index is -1.86. The molecule has 0 aliphatic heterocycles. The second-order valence-corrected chi connectivity index (χ2v) is 16.2. The zero-order chi connectivity index (χ0) is 64.2. The van der Waals surface area contributed by atoms with Gasteiger partial charge in [-0.05, 0) is 65.0 Å². The number of halogens is 13. The molecule has 1 N–H and O–H groups in total. The Morgan fingerprint density at radius 2 is 0.488 bits per heavy atom. The molecule has 0 saturated carbocycles. The largest absolute Gasteiger partial charge is 0.489 e. The van der Waals surface area contributed by atoms with E-state index in [-0.39, 0.29) is 59.8 Å². The van der Waals surface area contributed by atoms with Crippen LogP contribution < -0.4 is 9.47 Å². The van der Waals surface area contributed by atoms with Crippen molar-refractivity contribution < 1.29 is 71.7 Å². The van der Waals surface area contributed by atoms with E-state index in [1.807, 2.05) is 13.8 Å². The highest BCUT2D eigenvalue weighted by Gasteiger charge is 2.28. The van der Waals surface area contributed by atoms with Gasteiger partial charge in [0.25, 0.3) is 0 Å². The van der Waals surface area contributed by atoms with Gasteiger partial charge in [0.2, 0.25) is 0 Å². The lowest BCUT2D eigenvalue weighted by Gasteiger charge is -2.12. The van der Waals surface area contributed by atoms with Gasteiger partial charge in [0.1, 0.15) is 112 Å². The molecule has 0 amide bonds. The van der Waals surface area contributed by atoms with Crippen LogP contribution in [0.2, 0.25) is 0 Å². The molecule has 0 radical (unpaired) electrons. The van der Waals surface area contributed by atoms with Gasteiger partial charge in [-0.15, -0.1) is 0 Å². The molecule has 0 atom stereocenters. The molecule has 0 unspecified atom stereocenters. The Kier molecular flexibility index (Phi) is 33.2. The highest BCUT2D eigenvalue weighted by Crippen LogP contribution is 2.33. The molecular weight excluding hydrogens is 1130 g/mol. The van der Waals surface area contributed by atoms with E-state index in [1.165, 1.54) is 45.9 Å². The summed E-state index contributed by atoms with van der Waals surface area (Å²) in [5.41, 5.74) is -6.92. The SMILES string of the molecule is C.CCCCO.CCCCOc1c(F)c(C#N)c(C)c(F)c1C#N.CCCCOc1c(F)c(C#N)c(F)c(C)c1C#N.Cc1c(C)c(C#N)c(F)c(F)c1C#N.Cc1c(F)c(C#N)c(F)c(F)c1C#N.N#Cc1c(F)c(F)c(C#N)c(F)c1F. The quantitative estimate of drug-likeness (QED) is 0.0774. The average molecular weight is 1180 g/mol. The third-order valence-corrected chi connectivity index (χ3v) is 11.0. The van der Waals surface area contributed by atoms with E-state index in [0.29, 0.717) is 30.6 Å². The molecule has 0 aromatic heterocycles. The predicted molar refractivity (Wildman–Crippen MR) is 272 cm³/mol. The Balaban J connectivity index is 0. The van der Waals surface area contributed by atoms with E-state index < -0.39 is 120 Å². The Morgan fingerprint density at radius 3 is 0.750 bits per heavy atom. The fraction of sp³-hybridized carbons (Fsp3) is 0.310. The van der Waals surface area contributed by atoms with Crippen LogP contribution in [-0.2, 0) is 0 Å². The molecule has 438 valence electrons. The molecule has 13 nitrogen and oxygen atoms in total. The number of hydrogen-bond acceptors (Lipinski definition) is 13. The fourth-order valence-electron chi connectivity index (χ4n) is 6.13. The van der Waals surface area contributed by atoms with Gasteiger partial charge in [0, 0.05) is 23.3 Å². The monoisotopic (exact) mass is 1180 g/mol. The molecule has 0 aliphatic carbocycles. The summed E-state index contributed by atoms with van der Waals surface area (Å²) in [5.74, 6) is -19.0. The van der Waals surface area contributed by atoms with Gasteiger partial charge < -0.3 is 14.6 Å². The summed E-state index contributed by atoms with van der Waals surface area (Å²) in [6.45, 7) is 13.3. The number of aliphatic hydroxyl groups excluding tert-OH is 1. The second-order valence-electron chi connectivity index (χ2n) is 16.2. The summed E-state index contributed by atoms with van der Waals surface area (Å²) < 4.78 is 182. The number of nitrogens with zero attached hydrogens (tertiary/aromatic N) is 10. The van der Waals surface area contributed by atoms with Crippen LogP contribution in [0.4, 0.5) is 57.1 Å². The van der Waals surface area contributed by atoms with Gasteiger partial charge in [-0.25, -0.2) is 57.1 Å². The van der Waals surface area contributed by atoms with Crippen molar-refractivity contribution in [3.05, 3.63) is 159 Å². The Bertz CT molecular complexity index is 3150. The first-order valence-electron chi connectivity index (χ1n) is 23.6. The number of benzene rings is 5. The summed E-state index contributed by atoms with van der Waals surface area (Å²) in [6.07, 6.45) is 5.04. The first-order valence-corrected chi connectivity index (χ1v) is 23.6. The lowest BCUT2D eigenvalue weighted by atomic mass is 9.98. The summed E-state index contributed by atoms with van der Waals surface area (Å²) in [6, 6.07) is 13.9. The van der Waals surface area contributed by atoms with Crippen molar-refractivity contribution >= 4 is 0 Å². The number of nitriles is 10. The van der Waals surface area contributed by atoms with Crippen molar-refractivity contribution in [3.8, 4) is 72.2 Å². The summed E-state index contributed by atoms with van der Waals surface area (Å²) in [5, 5.41) is 93.6. The molecule has 5 aromatic carbocycles. The Morgan fingerprint density at radius 1 is 0.286 bits per heavy atom. The Hall–Kier alpha value is -10.4. The highest BCUT2D eigenvalue weighted by atomic mass is 19.2. The molecule has 5 aromatic rings. The van der Waals surface area contributed by atoms with Crippen LogP contribution in [0.5, 0.6) is 11.5 Å². The van der Waals surface area contributed by atoms with Crippen LogP contribution in [0.15, 0.2) is 0 Å². The summed E-state index contributed by atoms with van der Waals surface area (Å²) in [4.78, 5) is 0. The number of aliphatic hydroxyl groups is 1. The van der Waals surface area contributed by atoms with Crippen molar-refractivity contribution in [2.45, 2.75) is 101 Å². The average Bonchev–Trinajstić information content (AvgIpc) is 3.43. The number of unbranched alkanes of at least 4 members (excludes halogenated alkanes) is 3. The fourth-order valence-corrected chi connectivity index (χ4v) is 6.13. The molecule has 0 aliphatic rings. The standard InChI is InChI=1S/2C13H12F2N2O.C10H6F2N2.C9H3F3N2.C8F4N2.C4H10O.CH4/c1-3-4-5-18-13-9(6-16)8(2)11(14)10(7-17)12(13)15;1-3-4-5-18-13-10(7-17)11(14)8(2)9(6-16)12(13)15;1-5-6(2)8(4-14)10(12)9(11)7(5)3-13;1-4-5(2-13)8(11)9(12)6(3-14)7(4)10;9-5-3(1-13)6(10)8(12)4(2-14)7(5)11;1-2-3-4-5;/h2*3-5H2,1-2H3;1-2H3;1H3;;5H,2-4H2,1H3;1H4. The first kappa shape index (κ1) is 75.7. The third-order valence-electron chi connectivity index (χ3n) is 11.0. The lowest BCUT2D eigenvalue weighted by Crippen LogP contribution is -2.06. The molecule has 0 fully saturated rings. The Labute approximate surface area is 475 Å². The van der Waals surface area contributed by atoms with E-state index in [2.05, 4.69) is 6.92 Å². The van der Waals surface area contributed by atoms with Crippen LogP contribution >= 0.6 is 0 Å². The maximum absolute atomic E-state index is 13.9. The number of rotatable bonds is 10. The smallest absolute Gasteiger partial charge is 0.187 e. The van der Waals surface area contributed by atoms with Crippen LogP contribution in [-0.4, -0.2) is 24.9 Å². The van der Waals surface area contributed by atoms with Gasteiger partial charge in [0.05, 0.1) is 35.5 Å². The zero-order valence-electron chi connectivity index (χ0n) is 45.0. The van der Waals surface area contributed by atoms with Crippen molar-refractivity contribution in [3.63, 3.8) is 0 Å². The minimum Gasteiger partial charge on any atom is -0.489 e. The normalized spacial score (nSPS) is 9.29. The van der Waals surface area contributed by atoms with Crippen molar-refractivity contribution in [2.24, 2.45) is 0 Å². The van der Waals surface area contributed by atoms with E-state index in [0.717, 1.165) is 44.7 Å². The van der Waals surface area contributed by atoms with E-state index >= 15 is 0 Å². The third kappa shape index (κ3) is 17.8. The van der Waals surface area contributed by atoms with Crippen LogP contribution in [0, 0.1) is 224 Å². The van der Waals surface area contributed by atoms with Gasteiger partial charge in [-0.1, -0.05) is 47.5 Å². The molecule has 26 heteroatoms. The van der Waals surface area contributed by atoms with Gasteiger partial charge >= 0.3 is 0 Å². The van der Waals surface area contributed by atoms with Crippen molar-refractivity contribution in [1.29, 1.82) is 52.6 Å². The van der Waals surface area contributed by atoms with Crippen molar-refractivity contribution in [1.82, 2.24) is 0 Å². The van der Waals surface area contributed by atoms with Crippen molar-refractivity contribution in [2.75, 3.05) is 19.8 Å². The highest BCUT2D eigenvalue weighted by molar-refractivity contribution is 5.57. The maximum atomic E-state index is 13.9. The predicted octanol–water partition coefficient (Wildman–Crippen LogP) is 14.3. The molecule has 0 heterocycles. The summed E-state index contributed by atoms with van der Waals surface area (Å²) >= 11 is 0. The van der Waals surface area contributed by atoms with Gasteiger partial charge in [-0.3, -0.25) is 0 Å². The van der Waals surface area contributed by atoms with Crippen LogP contribution in [0.25, 0.3) is 0 Å². The molecule has 5 rings (SSSR count). The zero-order valence-corrected chi connectivity index (χ0v) is 45.0. The number of hydrogen-bond donors (Lipinski definition) is 1.